The van der Waals surface area contributed by atoms with Gasteiger partial charge in [0.25, 0.3) is 0 Å². The van der Waals surface area contributed by atoms with Gasteiger partial charge < -0.3 is 15.2 Å². The van der Waals surface area contributed by atoms with E-state index in [1.54, 1.807) is 6.07 Å². The summed E-state index contributed by atoms with van der Waals surface area (Å²) in [6.07, 6.45) is -0.479. The standard InChI is InChI=1S/C12H18NO2/c1-10(2)13-8-11(14)9-15-12-6-4-3-5-7-12/h3-4,6-7,10-11,13-14H,8-9H2,1-2H3. The van der Waals surface area contributed by atoms with Crippen LogP contribution in [-0.2, 0) is 0 Å². The van der Waals surface area contributed by atoms with Crippen molar-refractivity contribution < 1.29 is 9.84 Å². The zero-order chi connectivity index (χ0) is 11.1. The van der Waals surface area contributed by atoms with Crippen LogP contribution in [0.2, 0.25) is 0 Å². The molecular weight excluding hydrogens is 190 g/mol. The fraction of sp³-hybridized carbons (Fsp3) is 0.500. The van der Waals surface area contributed by atoms with Crippen LogP contribution in [0.3, 0.4) is 0 Å². The van der Waals surface area contributed by atoms with E-state index in [0.29, 0.717) is 19.2 Å². The average molecular weight is 208 g/mol. The van der Waals surface area contributed by atoms with Crippen LogP contribution >= 0.6 is 0 Å². The highest BCUT2D eigenvalue weighted by atomic mass is 16.5. The van der Waals surface area contributed by atoms with E-state index in [4.69, 9.17) is 4.74 Å². The number of rotatable bonds is 6. The van der Waals surface area contributed by atoms with Crippen LogP contribution in [0.5, 0.6) is 5.75 Å². The van der Waals surface area contributed by atoms with E-state index in [1.807, 2.05) is 32.0 Å². The van der Waals surface area contributed by atoms with Crippen molar-refractivity contribution >= 4 is 0 Å². The van der Waals surface area contributed by atoms with Gasteiger partial charge in [0.2, 0.25) is 0 Å². The van der Waals surface area contributed by atoms with Crippen LogP contribution in [0.4, 0.5) is 0 Å². The molecule has 0 aromatic heterocycles. The highest BCUT2D eigenvalue weighted by molar-refractivity contribution is 5.19. The van der Waals surface area contributed by atoms with Gasteiger partial charge in [0.15, 0.2) is 0 Å². The van der Waals surface area contributed by atoms with Gasteiger partial charge in [-0.1, -0.05) is 26.0 Å². The normalized spacial score (nSPS) is 12.8. The molecule has 0 heterocycles. The van der Waals surface area contributed by atoms with Crippen LogP contribution in [0.1, 0.15) is 13.8 Å². The fourth-order valence-electron chi connectivity index (χ4n) is 1.09. The lowest BCUT2D eigenvalue weighted by molar-refractivity contribution is 0.104. The highest BCUT2D eigenvalue weighted by Gasteiger charge is 2.05. The Morgan fingerprint density at radius 2 is 2.33 bits per heavy atom. The molecule has 0 amide bonds. The van der Waals surface area contributed by atoms with Crippen molar-refractivity contribution in [3.8, 4) is 5.75 Å². The van der Waals surface area contributed by atoms with Gasteiger partial charge in [0.05, 0.1) is 0 Å². The first-order valence-electron chi connectivity index (χ1n) is 5.19. The summed E-state index contributed by atoms with van der Waals surface area (Å²) < 4.78 is 5.38. The summed E-state index contributed by atoms with van der Waals surface area (Å²) in [6.45, 7) is 4.94. The Bertz CT molecular complexity index is 262. The Labute approximate surface area is 91.1 Å². The van der Waals surface area contributed by atoms with Gasteiger partial charge in [-0.25, -0.2) is 0 Å². The molecule has 0 aliphatic heterocycles. The Morgan fingerprint density at radius 3 is 2.93 bits per heavy atom. The van der Waals surface area contributed by atoms with Gasteiger partial charge in [0.1, 0.15) is 18.5 Å². The molecule has 0 bridgehead atoms. The maximum Gasteiger partial charge on any atom is 0.120 e. The van der Waals surface area contributed by atoms with Crippen molar-refractivity contribution in [1.82, 2.24) is 5.32 Å². The summed E-state index contributed by atoms with van der Waals surface area (Å²) in [5, 5.41) is 12.7. The van der Waals surface area contributed by atoms with Gasteiger partial charge in [-0.15, -0.1) is 0 Å². The van der Waals surface area contributed by atoms with Crippen LogP contribution in [0.25, 0.3) is 0 Å². The second-order valence-corrected chi connectivity index (χ2v) is 3.77. The molecule has 0 fully saturated rings. The van der Waals surface area contributed by atoms with Gasteiger partial charge >= 0.3 is 0 Å². The molecule has 15 heavy (non-hydrogen) atoms. The van der Waals surface area contributed by atoms with Crippen molar-refractivity contribution in [2.75, 3.05) is 13.2 Å². The first-order valence-corrected chi connectivity index (χ1v) is 5.19. The highest BCUT2D eigenvalue weighted by Crippen LogP contribution is 2.07. The summed E-state index contributed by atoms with van der Waals surface area (Å²) in [7, 11) is 0. The van der Waals surface area contributed by atoms with Gasteiger partial charge in [-0.2, -0.15) is 0 Å². The van der Waals surface area contributed by atoms with Gasteiger partial charge in [0, 0.05) is 12.6 Å². The van der Waals surface area contributed by atoms with E-state index in [-0.39, 0.29) is 0 Å². The summed E-state index contributed by atoms with van der Waals surface area (Å²) in [5.41, 5.74) is 0. The predicted molar refractivity (Wildman–Crippen MR) is 59.9 cm³/mol. The van der Waals surface area contributed by atoms with E-state index in [2.05, 4.69) is 11.4 Å². The molecule has 0 saturated carbocycles. The first-order chi connectivity index (χ1) is 7.18. The largest absolute Gasteiger partial charge is 0.491 e. The molecule has 1 unspecified atom stereocenters. The van der Waals surface area contributed by atoms with E-state index >= 15 is 0 Å². The first kappa shape index (κ1) is 12.0. The third-order valence-corrected chi connectivity index (χ3v) is 1.88. The molecule has 1 aromatic rings. The van der Waals surface area contributed by atoms with Crippen molar-refractivity contribution in [3.05, 3.63) is 30.3 Å². The number of hydrogen-bond donors (Lipinski definition) is 2. The lowest BCUT2D eigenvalue weighted by Gasteiger charge is -2.14. The smallest absolute Gasteiger partial charge is 0.120 e. The number of aliphatic hydroxyl groups excluding tert-OH is 1. The van der Waals surface area contributed by atoms with E-state index in [1.165, 1.54) is 0 Å². The maximum absolute atomic E-state index is 9.56. The average Bonchev–Trinajstić information content (AvgIpc) is 2.25. The molecule has 0 saturated heterocycles. The minimum atomic E-state index is -0.479. The topological polar surface area (TPSA) is 41.5 Å². The monoisotopic (exact) mass is 208 g/mol. The quantitative estimate of drug-likeness (QED) is 0.738. The zero-order valence-electron chi connectivity index (χ0n) is 9.23. The Kier molecular flexibility index (Phi) is 5.15. The molecule has 1 atom stereocenters. The van der Waals surface area contributed by atoms with Crippen molar-refractivity contribution in [2.24, 2.45) is 0 Å². The third-order valence-electron chi connectivity index (χ3n) is 1.88. The Hall–Kier alpha value is -1.06. The Morgan fingerprint density at radius 1 is 1.53 bits per heavy atom. The minimum absolute atomic E-state index is 0.303. The minimum Gasteiger partial charge on any atom is -0.491 e. The number of hydrogen-bond acceptors (Lipinski definition) is 3. The molecule has 1 aromatic carbocycles. The third kappa shape index (κ3) is 5.40. The summed E-state index contributed by atoms with van der Waals surface area (Å²) in [5.74, 6) is 0.737. The Balaban J connectivity index is 2.19. The molecule has 3 nitrogen and oxygen atoms in total. The molecule has 1 radical (unpaired) electrons. The van der Waals surface area contributed by atoms with Crippen LogP contribution in [0, 0.1) is 6.07 Å². The van der Waals surface area contributed by atoms with Crippen LogP contribution in [0.15, 0.2) is 24.3 Å². The molecule has 83 valence electrons. The van der Waals surface area contributed by atoms with Crippen LogP contribution in [-0.4, -0.2) is 30.4 Å². The van der Waals surface area contributed by atoms with Crippen molar-refractivity contribution in [3.63, 3.8) is 0 Å². The number of nitrogens with one attached hydrogen (secondary N) is 1. The SMILES string of the molecule is CC(C)NCC(O)COc1c[c]ccc1. The maximum atomic E-state index is 9.56. The molecule has 0 aliphatic rings. The van der Waals surface area contributed by atoms with Gasteiger partial charge in [-0.3, -0.25) is 0 Å². The molecule has 0 aliphatic carbocycles. The second kappa shape index (κ2) is 6.43. The number of benzene rings is 1. The number of aliphatic hydroxyl groups is 1. The van der Waals surface area contributed by atoms with Crippen molar-refractivity contribution in [2.45, 2.75) is 26.0 Å². The molecule has 3 heteroatoms. The van der Waals surface area contributed by atoms with Crippen molar-refractivity contribution in [1.29, 1.82) is 0 Å². The zero-order valence-corrected chi connectivity index (χ0v) is 9.23. The summed E-state index contributed by atoms with van der Waals surface area (Å²) in [4.78, 5) is 0. The molecule has 2 N–H and O–H groups in total. The van der Waals surface area contributed by atoms with Crippen LogP contribution < -0.4 is 10.1 Å². The lowest BCUT2D eigenvalue weighted by atomic mass is 10.3. The molecular formula is C12H18NO2. The molecule has 0 spiro atoms. The molecule has 1 rings (SSSR count). The lowest BCUT2D eigenvalue weighted by Crippen LogP contribution is -2.35. The fourth-order valence-corrected chi connectivity index (χ4v) is 1.09. The summed E-state index contributed by atoms with van der Waals surface area (Å²) in [6, 6.07) is 10.6. The van der Waals surface area contributed by atoms with E-state index < -0.39 is 6.10 Å². The number of ether oxygens (including phenoxy) is 1. The predicted octanol–water partition coefficient (Wildman–Crippen LogP) is 1.22. The second-order valence-electron chi connectivity index (χ2n) is 3.77. The van der Waals surface area contributed by atoms with E-state index in [9.17, 15) is 5.11 Å². The summed E-state index contributed by atoms with van der Waals surface area (Å²) >= 11 is 0. The van der Waals surface area contributed by atoms with E-state index in [0.717, 1.165) is 5.75 Å². The van der Waals surface area contributed by atoms with Gasteiger partial charge in [-0.05, 0) is 18.2 Å².